The van der Waals surface area contributed by atoms with Crippen LogP contribution in [0.3, 0.4) is 0 Å². The number of piperidine rings is 1. The van der Waals surface area contributed by atoms with Crippen molar-refractivity contribution >= 4 is 11.6 Å². The Kier molecular flexibility index (Phi) is 4.58. The lowest BCUT2D eigenvalue weighted by Crippen LogP contribution is -2.36. The Labute approximate surface area is 130 Å². The van der Waals surface area contributed by atoms with Gasteiger partial charge in [-0.2, -0.15) is 5.10 Å². The third-order valence-electron chi connectivity index (χ3n) is 3.99. The summed E-state index contributed by atoms with van der Waals surface area (Å²) in [5.74, 6) is 0.421. The van der Waals surface area contributed by atoms with Gasteiger partial charge in [-0.25, -0.2) is 4.68 Å². The Bertz CT molecular complexity index is 581. The first-order valence-corrected chi connectivity index (χ1v) is 7.75. The molecule has 4 nitrogen and oxygen atoms in total. The Morgan fingerprint density at radius 3 is 2.86 bits per heavy atom. The maximum Gasteiger partial charge on any atom is 0.0646 e. The fourth-order valence-electron chi connectivity index (χ4n) is 2.88. The fraction of sp³-hybridized carbons (Fsp3) is 0.438. The van der Waals surface area contributed by atoms with Crippen LogP contribution in [0.1, 0.15) is 18.4 Å². The summed E-state index contributed by atoms with van der Waals surface area (Å²) >= 11 is 5.90. The lowest BCUT2D eigenvalue weighted by Gasteiger charge is -2.31. The van der Waals surface area contributed by atoms with E-state index in [4.69, 9.17) is 11.6 Å². The summed E-state index contributed by atoms with van der Waals surface area (Å²) in [6.07, 6.45) is 6.27. The van der Waals surface area contributed by atoms with Gasteiger partial charge >= 0.3 is 0 Å². The monoisotopic (exact) mass is 305 g/mol. The molecule has 1 unspecified atom stereocenters. The number of rotatable bonds is 4. The molecule has 5 heteroatoms. The van der Waals surface area contributed by atoms with Crippen molar-refractivity contribution in [2.75, 3.05) is 19.7 Å². The molecular weight excluding hydrogens is 286 g/mol. The number of aromatic nitrogens is 2. The van der Waals surface area contributed by atoms with E-state index in [1.54, 1.807) is 0 Å². The molecule has 1 atom stereocenters. The normalized spacial score (nSPS) is 19.8. The van der Waals surface area contributed by atoms with Gasteiger partial charge in [-0.15, -0.1) is 0 Å². The van der Waals surface area contributed by atoms with Crippen LogP contribution in [0.2, 0.25) is 5.02 Å². The van der Waals surface area contributed by atoms with Crippen molar-refractivity contribution in [1.82, 2.24) is 14.7 Å². The average Bonchev–Trinajstić information content (AvgIpc) is 2.96. The predicted octanol–water partition coefficient (Wildman–Crippen LogP) is 2.73. The Morgan fingerprint density at radius 2 is 2.10 bits per heavy atom. The second-order valence-corrected chi connectivity index (χ2v) is 6.13. The summed E-state index contributed by atoms with van der Waals surface area (Å²) in [5, 5.41) is 14.4. The topological polar surface area (TPSA) is 41.3 Å². The first-order valence-electron chi connectivity index (χ1n) is 7.37. The van der Waals surface area contributed by atoms with Crippen molar-refractivity contribution in [2.24, 2.45) is 5.92 Å². The highest BCUT2D eigenvalue weighted by atomic mass is 35.5. The minimum absolute atomic E-state index is 0.292. The van der Waals surface area contributed by atoms with Gasteiger partial charge in [-0.3, -0.25) is 4.90 Å². The van der Waals surface area contributed by atoms with Crippen LogP contribution in [0.5, 0.6) is 0 Å². The van der Waals surface area contributed by atoms with Gasteiger partial charge in [0.2, 0.25) is 0 Å². The summed E-state index contributed by atoms with van der Waals surface area (Å²) in [5.41, 5.74) is 2.21. The molecule has 1 aliphatic heterocycles. The quantitative estimate of drug-likeness (QED) is 0.944. The minimum atomic E-state index is 0.292. The molecule has 0 radical (unpaired) electrons. The van der Waals surface area contributed by atoms with E-state index in [1.807, 2.05) is 35.1 Å². The molecule has 0 aliphatic carbocycles. The zero-order valence-corrected chi connectivity index (χ0v) is 12.7. The molecular formula is C16H20ClN3O. The summed E-state index contributed by atoms with van der Waals surface area (Å²) in [7, 11) is 0. The highest BCUT2D eigenvalue weighted by Gasteiger charge is 2.19. The van der Waals surface area contributed by atoms with Crippen LogP contribution < -0.4 is 0 Å². The highest BCUT2D eigenvalue weighted by molar-refractivity contribution is 6.30. The summed E-state index contributed by atoms with van der Waals surface area (Å²) in [4.78, 5) is 2.40. The van der Waals surface area contributed by atoms with Crippen LogP contribution in [-0.2, 0) is 6.54 Å². The van der Waals surface area contributed by atoms with Crippen molar-refractivity contribution in [1.29, 1.82) is 0 Å². The number of aliphatic hydroxyl groups excluding tert-OH is 1. The van der Waals surface area contributed by atoms with Crippen LogP contribution in [-0.4, -0.2) is 39.5 Å². The van der Waals surface area contributed by atoms with Crippen molar-refractivity contribution in [3.8, 4) is 5.69 Å². The van der Waals surface area contributed by atoms with Gasteiger partial charge in [-0.1, -0.05) is 11.6 Å². The fourth-order valence-corrected chi connectivity index (χ4v) is 3.00. The van der Waals surface area contributed by atoms with Crippen molar-refractivity contribution in [2.45, 2.75) is 19.4 Å². The van der Waals surface area contributed by atoms with Gasteiger partial charge in [-0.05, 0) is 49.6 Å². The molecule has 1 fully saturated rings. The third-order valence-corrected chi connectivity index (χ3v) is 4.25. The standard InChI is InChI=1S/C16H20ClN3O/c17-15-3-5-16(6-4-15)20-11-14(8-18-20)10-19-7-1-2-13(9-19)12-21/h3-6,8,11,13,21H,1-2,7,9-10,12H2. The van der Waals surface area contributed by atoms with Gasteiger partial charge in [0.1, 0.15) is 0 Å². The van der Waals surface area contributed by atoms with Crippen LogP contribution in [0.4, 0.5) is 0 Å². The van der Waals surface area contributed by atoms with Crippen LogP contribution in [0, 0.1) is 5.92 Å². The molecule has 2 aromatic rings. The smallest absolute Gasteiger partial charge is 0.0646 e. The molecule has 1 aliphatic rings. The first-order chi connectivity index (χ1) is 10.2. The largest absolute Gasteiger partial charge is 0.396 e. The van der Waals surface area contributed by atoms with Gasteiger partial charge in [0, 0.05) is 36.5 Å². The summed E-state index contributed by atoms with van der Waals surface area (Å²) in [6, 6.07) is 7.66. The van der Waals surface area contributed by atoms with E-state index >= 15 is 0 Å². The van der Waals surface area contributed by atoms with Crippen molar-refractivity contribution < 1.29 is 5.11 Å². The van der Waals surface area contributed by atoms with Gasteiger partial charge in [0.25, 0.3) is 0 Å². The van der Waals surface area contributed by atoms with Crippen molar-refractivity contribution in [3.05, 3.63) is 47.2 Å². The number of hydrogen-bond acceptors (Lipinski definition) is 3. The summed E-state index contributed by atoms with van der Waals surface area (Å²) in [6.45, 7) is 3.26. The molecule has 1 saturated heterocycles. The third kappa shape index (κ3) is 3.64. The number of hydrogen-bond donors (Lipinski definition) is 1. The molecule has 1 aromatic carbocycles. The number of halogens is 1. The number of benzene rings is 1. The van der Waals surface area contributed by atoms with Gasteiger partial charge < -0.3 is 5.11 Å². The van der Waals surface area contributed by atoms with Crippen LogP contribution >= 0.6 is 11.6 Å². The Hall–Kier alpha value is -1.36. The number of nitrogens with zero attached hydrogens (tertiary/aromatic N) is 3. The SMILES string of the molecule is OCC1CCCN(Cc2cnn(-c3ccc(Cl)cc3)c2)C1. The molecule has 1 aromatic heterocycles. The molecule has 0 amide bonds. The molecule has 2 heterocycles. The Balaban J connectivity index is 1.66. The van der Waals surface area contributed by atoms with E-state index in [9.17, 15) is 5.11 Å². The van der Waals surface area contributed by atoms with Crippen molar-refractivity contribution in [3.63, 3.8) is 0 Å². The molecule has 112 valence electrons. The second-order valence-electron chi connectivity index (χ2n) is 5.70. The van der Waals surface area contributed by atoms with E-state index < -0.39 is 0 Å². The van der Waals surface area contributed by atoms with E-state index in [0.717, 1.165) is 43.2 Å². The molecule has 3 rings (SSSR count). The lowest BCUT2D eigenvalue weighted by atomic mass is 9.99. The van der Waals surface area contributed by atoms with E-state index in [0.29, 0.717) is 12.5 Å². The molecule has 1 N–H and O–H groups in total. The maximum atomic E-state index is 9.30. The maximum absolute atomic E-state index is 9.30. The zero-order chi connectivity index (χ0) is 14.7. The Morgan fingerprint density at radius 1 is 1.29 bits per heavy atom. The minimum Gasteiger partial charge on any atom is -0.396 e. The molecule has 21 heavy (non-hydrogen) atoms. The second kappa shape index (κ2) is 6.60. The molecule has 0 spiro atoms. The van der Waals surface area contributed by atoms with Gasteiger partial charge in [0.15, 0.2) is 0 Å². The molecule has 0 saturated carbocycles. The van der Waals surface area contributed by atoms with E-state index in [2.05, 4.69) is 16.2 Å². The highest BCUT2D eigenvalue weighted by Crippen LogP contribution is 2.19. The number of likely N-dealkylation sites (tertiary alicyclic amines) is 1. The summed E-state index contributed by atoms with van der Waals surface area (Å²) < 4.78 is 1.87. The van der Waals surface area contributed by atoms with Crippen LogP contribution in [0.15, 0.2) is 36.7 Å². The first kappa shape index (κ1) is 14.6. The van der Waals surface area contributed by atoms with Crippen LogP contribution in [0.25, 0.3) is 5.69 Å². The lowest BCUT2D eigenvalue weighted by molar-refractivity contribution is 0.116. The van der Waals surface area contributed by atoms with E-state index in [1.165, 1.54) is 5.56 Å². The van der Waals surface area contributed by atoms with E-state index in [-0.39, 0.29) is 0 Å². The number of aliphatic hydroxyl groups is 1. The molecule has 0 bridgehead atoms. The average molecular weight is 306 g/mol. The van der Waals surface area contributed by atoms with Gasteiger partial charge in [0.05, 0.1) is 11.9 Å². The predicted molar refractivity (Wildman–Crippen MR) is 83.7 cm³/mol. The zero-order valence-electron chi connectivity index (χ0n) is 12.0.